The van der Waals surface area contributed by atoms with Crippen LogP contribution in [-0.4, -0.2) is 54.3 Å². The highest BCUT2D eigenvalue weighted by Crippen LogP contribution is 2.25. The Morgan fingerprint density at radius 2 is 2.14 bits per heavy atom. The van der Waals surface area contributed by atoms with Crippen LogP contribution in [0, 0.1) is 0 Å². The van der Waals surface area contributed by atoms with E-state index in [1.165, 1.54) is 0 Å². The molecule has 1 unspecified atom stereocenters. The maximum atomic E-state index is 12.8. The Kier molecular flexibility index (Phi) is 3.68. The molecule has 0 saturated carbocycles. The number of nitrogens with one attached hydrogen (secondary N) is 1. The molecule has 1 N–H and O–H groups in total. The first kappa shape index (κ1) is 14.1. The van der Waals surface area contributed by atoms with E-state index < -0.39 is 0 Å². The minimum atomic E-state index is -0.000589. The number of carbonyl (C=O) groups is 2. The quantitative estimate of drug-likeness (QED) is 0.848. The van der Waals surface area contributed by atoms with Gasteiger partial charge in [-0.1, -0.05) is 0 Å². The van der Waals surface area contributed by atoms with E-state index in [9.17, 15) is 9.59 Å². The van der Waals surface area contributed by atoms with Gasteiger partial charge in [-0.3, -0.25) is 9.59 Å². The zero-order chi connectivity index (χ0) is 15.0. The van der Waals surface area contributed by atoms with Crippen LogP contribution >= 0.6 is 0 Å². The van der Waals surface area contributed by atoms with Crippen molar-refractivity contribution < 1.29 is 9.59 Å². The molecule has 0 aliphatic carbocycles. The molecule has 0 bridgehead atoms. The molecule has 2 aliphatic heterocycles. The highest BCUT2D eigenvalue weighted by molar-refractivity contribution is 6.01. The third-order valence-corrected chi connectivity index (χ3v) is 4.28. The van der Waals surface area contributed by atoms with Gasteiger partial charge < -0.3 is 15.1 Å². The second-order valence-corrected chi connectivity index (χ2v) is 6.06. The molecule has 2 aliphatic rings. The van der Waals surface area contributed by atoms with Crippen LogP contribution in [0.2, 0.25) is 0 Å². The van der Waals surface area contributed by atoms with Gasteiger partial charge in [0.15, 0.2) is 0 Å². The third kappa shape index (κ3) is 2.78. The number of hydrogen-bond donors (Lipinski definition) is 1. The summed E-state index contributed by atoms with van der Waals surface area (Å²) < 4.78 is 0. The van der Waals surface area contributed by atoms with Crippen LogP contribution in [0.3, 0.4) is 0 Å². The number of fused-ring (bicyclic) bond motifs is 1. The molecule has 0 aromatic heterocycles. The number of amides is 2. The standard InChI is InChI=1S/C16H21N3O2/c1-11-10-18(2)6-3-7-19(11)16(21)12-4-5-14-13(8-12)9-15(20)17-14/h4-5,8,11H,3,6-7,9-10H2,1-2H3,(H,17,20). The summed E-state index contributed by atoms with van der Waals surface area (Å²) in [7, 11) is 2.09. The molecule has 1 aromatic carbocycles. The average molecular weight is 287 g/mol. The Hall–Kier alpha value is -1.88. The Morgan fingerprint density at radius 1 is 1.33 bits per heavy atom. The van der Waals surface area contributed by atoms with Gasteiger partial charge in [-0.2, -0.15) is 0 Å². The molecule has 1 atom stereocenters. The zero-order valence-corrected chi connectivity index (χ0v) is 12.6. The van der Waals surface area contributed by atoms with E-state index in [2.05, 4.69) is 24.2 Å². The van der Waals surface area contributed by atoms with Crippen LogP contribution in [0.5, 0.6) is 0 Å². The largest absolute Gasteiger partial charge is 0.335 e. The molecule has 2 heterocycles. The van der Waals surface area contributed by atoms with E-state index in [0.29, 0.717) is 12.0 Å². The predicted octanol–water partition coefficient (Wildman–Crippen LogP) is 1.35. The van der Waals surface area contributed by atoms with Crippen LogP contribution in [0.15, 0.2) is 18.2 Å². The summed E-state index contributed by atoms with van der Waals surface area (Å²) in [6.45, 7) is 4.81. The monoisotopic (exact) mass is 287 g/mol. The minimum absolute atomic E-state index is 0.000589. The predicted molar refractivity (Wildman–Crippen MR) is 81.4 cm³/mol. The molecular formula is C16H21N3O2. The lowest BCUT2D eigenvalue weighted by molar-refractivity contribution is -0.115. The van der Waals surface area contributed by atoms with Crippen molar-refractivity contribution in [1.29, 1.82) is 0 Å². The van der Waals surface area contributed by atoms with Gasteiger partial charge in [0.05, 0.1) is 6.42 Å². The normalized spacial score (nSPS) is 22.7. The van der Waals surface area contributed by atoms with Crippen LogP contribution < -0.4 is 5.32 Å². The first-order chi connectivity index (χ1) is 10.0. The molecule has 3 rings (SSSR count). The van der Waals surface area contributed by atoms with Crippen molar-refractivity contribution in [2.24, 2.45) is 0 Å². The SMILES string of the molecule is CC1CN(C)CCCN1C(=O)c1ccc2c(c1)CC(=O)N2. The molecule has 1 aromatic rings. The van der Waals surface area contributed by atoms with Crippen molar-refractivity contribution in [3.8, 4) is 0 Å². The number of benzene rings is 1. The van der Waals surface area contributed by atoms with Gasteiger partial charge in [0.1, 0.15) is 0 Å². The summed E-state index contributed by atoms with van der Waals surface area (Å²) in [4.78, 5) is 28.4. The van der Waals surface area contributed by atoms with Crippen LogP contribution in [0.1, 0.15) is 29.3 Å². The molecule has 1 saturated heterocycles. The van der Waals surface area contributed by atoms with Crippen molar-refractivity contribution >= 4 is 17.5 Å². The van der Waals surface area contributed by atoms with Gasteiger partial charge in [0, 0.05) is 30.4 Å². The van der Waals surface area contributed by atoms with Crippen molar-refractivity contribution in [2.45, 2.75) is 25.8 Å². The third-order valence-electron chi connectivity index (χ3n) is 4.28. The molecule has 21 heavy (non-hydrogen) atoms. The first-order valence-corrected chi connectivity index (χ1v) is 7.47. The maximum Gasteiger partial charge on any atom is 0.254 e. The Labute approximate surface area is 124 Å². The molecular weight excluding hydrogens is 266 g/mol. The van der Waals surface area contributed by atoms with Crippen LogP contribution in [-0.2, 0) is 11.2 Å². The lowest BCUT2D eigenvalue weighted by Crippen LogP contribution is -2.42. The fourth-order valence-electron chi connectivity index (χ4n) is 3.20. The number of nitrogens with zero attached hydrogens (tertiary/aromatic N) is 2. The fourth-order valence-corrected chi connectivity index (χ4v) is 3.20. The molecule has 0 radical (unpaired) electrons. The molecule has 2 amide bonds. The van der Waals surface area contributed by atoms with Crippen molar-refractivity contribution in [1.82, 2.24) is 9.80 Å². The van der Waals surface area contributed by atoms with Gasteiger partial charge in [0.2, 0.25) is 5.91 Å². The number of hydrogen-bond acceptors (Lipinski definition) is 3. The molecule has 5 nitrogen and oxygen atoms in total. The fraction of sp³-hybridized carbons (Fsp3) is 0.500. The van der Waals surface area contributed by atoms with Gasteiger partial charge in [0.25, 0.3) is 5.91 Å². The van der Waals surface area contributed by atoms with E-state index in [0.717, 1.165) is 37.3 Å². The van der Waals surface area contributed by atoms with E-state index in [1.807, 2.05) is 23.1 Å². The summed E-state index contributed by atoms with van der Waals surface area (Å²) in [6.07, 6.45) is 1.37. The second-order valence-electron chi connectivity index (χ2n) is 6.06. The number of likely N-dealkylation sites (N-methyl/N-ethyl adjacent to an activating group) is 1. The van der Waals surface area contributed by atoms with E-state index in [1.54, 1.807) is 0 Å². The van der Waals surface area contributed by atoms with Crippen molar-refractivity contribution in [3.63, 3.8) is 0 Å². The highest BCUT2D eigenvalue weighted by atomic mass is 16.2. The molecule has 0 spiro atoms. The number of rotatable bonds is 1. The summed E-state index contributed by atoms with van der Waals surface area (Å²) in [6, 6.07) is 5.71. The number of anilines is 1. The minimum Gasteiger partial charge on any atom is -0.335 e. The van der Waals surface area contributed by atoms with E-state index in [4.69, 9.17) is 0 Å². The molecule has 112 valence electrons. The Balaban J connectivity index is 1.82. The van der Waals surface area contributed by atoms with E-state index >= 15 is 0 Å². The zero-order valence-electron chi connectivity index (χ0n) is 12.6. The van der Waals surface area contributed by atoms with Gasteiger partial charge >= 0.3 is 0 Å². The maximum absolute atomic E-state index is 12.8. The average Bonchev–Trinajstić information content (AvgIpc) is 2.72. The summed E-state index contributed by atoms with van der Waals surface area (Å²) in [5.41, 5.74) is 2.44. The van der Waals surface area contributed by atoms with Crippen molar-refractivity contribution in [2.75, 3.05) is 32.0 Å². The summed E-state index contributed by atoms with van der Waals surface area (Å²) >= 11 is 0. The van der Waals surface area contributed by atoms with Crippen molar-refractivity contribution in [3.05, 3.63) is 29.3 Å². The van der Waals surface area contributed by atoms with Gasteiger partial charge in [-0.25, -0.2) is 0 Å². The van der Waals surface area contributed by atoms with Crippen LogP contribution in [0.4, 0.5) is 5.69 Å². The molecule has 1 fully saturated rings. The summed E-state index contributed by atoms with van der Waals surface area (Å²) in [5, 5.41) is 2.80. The lowest BCUT2D eigenvalue weighted by Gasteiger charge is -2.28. The smallest absolute Gasteiger partial charge is 0.254 e. The second kappa shape index (κ2) is 5.48. The van der Waals surface area contributed by atoms with Gasteiger partial charge in [-0.05, 0) is 50.7 Å². The Morgan fingerprint density at radius 3 is 2.95 bits per heavy atom. The number of carbonyl (C=O) groups excluding carboxylic acids is 2. The lowest BCUT2D eigenvalue weighted by atomic mass is 10.1. The highest BCUT2D eigenvalue weighted by Gasteiger charge is 2.26. The Bertz CT molecular complexity index is 585. The van der Waals surface area contributed by atoms with Crippen LogP contribution in [0.25, 0.3) is 0 Å². The molecule has 5 heteroatoms. The summed E-state index contributed by atoms with van der Waals surface area (Å²) in [5.74, 6) is 0.0688. The van der Waals surface area contributed by atoms with Gasteiger partial charge in [-0.15, -0.1) is 0 Å². The first-order valence-electron chi connectivity index (χ1n) is 7.47. The van der Waals surface area contributed by atoms with E-state index in [-0.39, 0.29) is 17.9 Å². The topological polar surface area (TPSA) is 52.7 Å².